The zero-order valence-corrected chi connectivity index (χ0v) is 25.8. The molecule has 0 fully saturated rings. The predicted octanol–water partition coefficient (Wildman–Crippen LogP) is 7.53. The normalized spacial score (nSPS) is 13.5. The zero-order chi connectivity index (χ0) is 28.3. The van der Waals surface area contributed by atoms with Gasteiger partial charge in [-0.05, 0) is 79.4 Å². The molecule has 0 radical (unpaired) electrons. The number of sulfonamides is 1. The molecule has 1 aliphatic heterocycles. The smallest absolute Gasteiger partial charge is 0.243 e. The lowest BCUT2D eigenvalue weighted by atomic mass is 9.99. The number of halogens is 3. The van der Waals surface area contributed by atoms with Crippen LogP contribution in [0.4, 0.5) is 11.4 Å². The minimum atomic E-state index is -3.72. The summed E-state index contributed by atoms with van der Waals surface area (Å²) in [5.74, 6) is -0.272. The lowest BCUT2D eigenvalue weighted by Crippen LogP contribution is -2.37. The number of carbonyl (C=O) groups is 1. The molecule has 0 saturated heterocycles. The van der Waals surface area contributed by atoms with Crippen LogP contribution in [-0.2, 0) is 21.2 Å². The van der Waals surface area contributed by atoms with E-state index < -0.39 is 10.0 Å². The Balaban J connectivity index is 1.65. The van der Waals surface area contributed by atoms with E-state index in [1.54, 1.807) is 38.1 Å². The van der Waals surface area contributed by atoms with Crippen molar-refractivity contribution in [3.8, 4) is 0 Å². The molecule has 0 saturated carbocycles. The molecule has 0 unspecified atom stereocenters. The van der Waals surface area contributed by atoms with E-state index in [0.29, 0.717) is 45.3 Å². The van der Waals surface area contributed by atoms with Crippen LogP contribution in [0.15, 0.2) is 63.2 Å². The van der Waals surface area contributed by atoms with Gasteiger partial charge in [0.1, 0.15) is 0 Å². The van der Waals surface area contributed by atoms with Crippen molar-refractivity contribution in [2.75, 3.05) is 36.4 Å². The number of anilines is 2. The van der Waals surface area contributed by atoms with E-state index in [9.17, 15) is 13.2 Å². The first kappa shape index (κ1) is 30.0. The van der Waals surface area contributed by atoms with Crippen LogP contribution >= 0.6 is 46.6 Å². The number of nitrogens with one attached hydrogen (secondary N) is 1. The van der Waals surface area contributed by atoms with Crippen molar-refractivity contribution >= 4 is 73.9 Å². The number of benzene rings is 3. The third-order valence-electron chi connectivity index (χ3n) is 6.66. The molecule has 3 aromatic carbocycles. The molecule has 0 atom stereocenters. The summed E-state index contributed by atoms with van der Waals surface area (Å²) in [4.78, 5) is 17.1. The van der Waals surface area contributed by atoms with Crippen LogP contribution in [-0.4, -0.2) is 44.8 Å². The van der Waals surface area contributed by atoms with Gasteiger partial charge in [-0.15, -0.1) is 0 Å². The standard InChI is InChI=1S/C28H30Cl3N3O3S2/c1-4-34(5-2)39(36,37)21-12-13-26(38-20-10-8-19(29)9-11-20)24(15-21)32-27(35)17-33-14-6-7-22-25(33)16-23(30)18(3)28(22)31/h8-13,15-16H,4-7,14,17H2,1-3H3,(H,32,35). The van der Waals surface area contributed by atoms with E-state index in [0.717, 1.165) is 34.6 Å². The first-order chi connectivity index (χ1) is 18.5. The quantitative estimate of drug-likeness (QED) is 0.266. The molecule has 0 spiro atoms. The van der Waals surface area contributed by atoms with Gasteiger partial charge in [0.05, 0.1) is 22.2 Å². The maximum Gasteiger partial charge on any atom is 0.243 e. The first-order valence-corrected chi connectivity index (χ1v) is 16.0. The molecule has 39 heavy (non-hydrogen) atoms. The van der Waals surface area contributed by atoms with E-state index in [-0.39, 0.29) is 17.3 Å². The fraction of sp³-hybridized carbons (Fsp3) is 0.321. The Morgan fingerprint density at radius 1 is 1.05 bits per heavy atom. The molecule has 4 rings (SSSR count). The van der Waals surface area contributed by atoms with Gasteiger partial charge in [0.2, 0.25) is 15.9 Å². The topological polar surface area (TPSA) is 69.7 Å². The largest absolute Gasteiger partial charge is 0.362 e. The molecule has 3 aromatic rings. The predicted molar refractivity (Wildman–Crippen MR) is 162 cm³/mol. The van der Waals surface area contributed by atoms with Gasteiger partial charge < -0.3 is 10.2 Å². The highest BCUT2D eigenvalue weighted by Crippen LogP contribution is 2.39. The Bertz CT molecular complexity index is 1480. The van der Waals surface area contributed by atoms with Gasteiger partial charge in [0.25, 0.3) is 0 Å². The Kier molecular flexibility index (Phi) is 9.78. The molecular formula is C28H30Cl3N3O3S2. The third-order valence-corrected chi connectivity index (χ3v) is 11.0. The van der Waals surface area contributed by atoms with E-state index in [1.165, 1.54) is 22.1 Å². The van der Waals surface area contributed by atoms with Crippen LogP contribution in [0.3, 0.4) is 0 Å². The number of amides is 1. The average molecular weight is 627 g/mol. The Morgan fingerprint density at radius 2 is 1.74 bits per heavy atom. The minimum absolute atomic E-state index is 0.0702. The lowest BCUT2D eigenvalue weighted by molar-refractivity contribution is -0.115. The number of rotatable bonds is 9. The van der Waals surface area contributed by atoms with Crippen molar-refractivity contribution in [3.63, 3.8) is 0 Å². The number of carbonyl (C=O) groups excluding carboxylic acids is 1. The van der Waals surface area contributed by atoms with Gasteiger partial charge in [-0.3, -0.25) is 4.79 Å². The highest BCUT2D eigenvalue weighted by molar-refractivity contribution is 7.99. The lowest BCUT2D eigenvalue weighted by Gasteiger charge is -2.32. The maximum absolute atomic E-state index is 13.4. The Morgan fingerprint density at radius 3 is 2.41 bits per heavy atom. The van der Waals surface area contributed by atoms with Crippen molar-refractivity contribution in [1.82, 2.24) is 4.31 Å². The fourth-order valence-corrected chi connectivity index (χ4v) is 7.60. The van der Waals surface area contributed by atoms with Crippen LogP contribution in [0.25, 0.3) is 0 Å². The second-order valence-electron chi connectivity index (χ2n) is 9.17. The highest BCUT2D eigenvalue weighted by atomic mass is 35.5. The van der Waals surface area contributed by atoms with Crippen LogP contribution < -0.4 is 10.2 Å². The molecule has 0 aliphatic carbocycles. The van der Waals surface area contributed by atoms with Gasteiger partial charge in [0, 0.05) is 45.2 Å². The second-order valence-corrected chi connectivity index (χ2v) is 13.4. The molecule has 1 heterocycles. The van der Waals surface area contributed by atoms with E-state index >= 15 is 0 Å². The molecular weight excluding hydrogens is 597 g/mol. The SMILES string of the molecule is CCN(CC)S(=O)(=O)c1ccc(Sc2ccc(Cl)cc2)c(NC(=O)CN2CCCc3c2cc(Cl)c(C)c3Cl)c1. The summed E-state index contributed by atoms with van der Waals surface area (Å²) in [6, 6.07) is 14.0. The van der Waals surface area contributed by atoms with E-state index in [2.05, 4.69) is 5.32 Å². The third kappa shape index (κ3) is 6.69. The molecule has 208 valence electrons. The molecule has 1 N–H and O–H groups in total. The average Bonchev–Trinajstić information content (AvgIpc) is 2.90. The highest BCUT2D eigenvalue weighted by Gasteiger charge is 2.26. The molecule has 6 nitrogen and oxygen atoms in total. The molecule has 1 aliphatic rings. The summed E-state index contributed by atoms with van der Waals surface area (Å²) in [6.07, 6.45) is 1.67. The molecule has 11 heteroatoms. The molecule has 1 amide bonds. The van der Waals surface area contributed by atoms with Crippen molar-refractivity contribution in [2.45, 2.75) is 48.3 Å². The summed E-state index contributed by atoms with van der Waals surface area (Å²) in [5.41, 5.74) is 3.10. The van der Waals surface area contributed by atoms with Crippen molar-refractivity contribution in [2.24, 2.45) is 0 Å². The summed E-state index contributed by atoms with van der Waals surface area (Å²) in [6.45, 7) is 6.92. The minimum Gasteiger partial charge on any atom is -0.362 e. The monoisotopic (exact) mass is 625 g/mol. The molecule has 0 bridgehead atoms. The van der Waals surface area contributed by atoms with Gasteiger partial charge in [-0.1, -0.05) is 60.4 Å². The van der Waals surface area contributed by atoms with Crippen molar-refractivity contribution < 1.29 is 13.2 Å². The fourth-order valence-electron chi connectivity index (χ4n) is 4.57. The molecule has 0 aromatic heterocycles. The van der Waals surface area contributed by atoms with Gasteiger partial charge in [0.15, 0.2) is 0 Å². The zero-order valence-electron chi connectivity index (χ0n) is 21.9. The summed E-state index contributed by atoms with van der Waals surface area (Å²) in [7, 11) is -3.72. The summed E-state index contributed by atoms with van der Waals surface area (Å²) < 4.78 is 27.9. The van der Waals surface area contributed by atoms with Gasteiger partial charge >= 0.3 is 0 Å². The number of hydrogen-bond donors (Lipinski definition) is 1. The Hall–Kier alpha value is -1.94. The summed E-state index contributed by atoms with van der Waals surface area (Å²) >= 11 is 20.5. The van der Waals surface area contributed by atoms with Gasteiger partial charge in [-0.2, -0.15) is 4.31 Å². The summed E-state index contributed by atoms with van der Waals surface area (Å²) in [5, 5.41) is 4.78. The number of hydrogen-bond acceptors (Lipinski definition) is 5. The van der Waals surface area contributed by atoms with Crippen LogP contribution in [0.1, 0.15) is 31.4 Å². The van der Waals surface area contributed by atoms with E-state index in [1.807, 2.05) is 30.0 Å². The number of fused-ring (bicyclic) bond motifs is 1. The maximum atomic E-state index is 13.4. The van der Waals surface area contributed by atoms with Crippen LogP contribution in [0.5, 0.6) is 0 Å². The van der Waals surface area contributed by atoms with Crippen LogP contribution in [0, 0.1) is 6.92 Å². The van der Waals surface area contributed by atoms with E-state index in [4.69, 9.17) is 34.8 Å². The Labute approximate surface area is 249 Å². The van der Waals surface area contributed by atoms with Crippen molar-refractivity contribution in [1.29, 1.82) is 0 Å². The first-order valence-electron chi connectivity index (χ1n) is 12.6. The van der Waals surface area contributed by atoms with Gasteiger partial charge in [-0.25, -0.2) is 8.42 Å². The number of nitrogens with zero attached hydrogens (tertiary/aromatic N) is 2. The van der Waals surface area contributed by atoms with Crippen LogP contribution in [0.2, 0.25) is 15.1 Å². The van der Waals surface area contributed by atoms with Crippen molar-refractivity contribution in [3.05, 3.63) is 74.7 Å². The second kappa shape index (κ2) is 12.7.